The van der Waals surface area contributed by atoms with Gasteiger partial charge in [-0.05, 0) is 20.8 Å². The summed E-state index contributed by atoms with van der Waals surface area (Å²) in [6, 6.07) is 0. The zero-order valence-electron chi connectivity index (χ0n) is 9.05. The molecular formula is C9H20O3Si. The van der Waals surface area contributed by atoms with Gasteiger partial charge in [0.15, 0.2) is 5.41 Å². The molecule has 0 aliphatic rings. The maximum Gasteiger partial charge on any atom is 0.196 e. The van der Waals surface area contributed by atoms with Gasteiger partial charge in [0.25, 0.3) is 0 Å². The number of ether oxygens (including phenoxy) is 3. The summed E-state index contributed by atoms with van der Waals surface area (Å²) in [5.41, 5.74) is -0.667. The van der Waals surface area contributed by atoms with E-state index in [1.54, 1.807) is 0 Å². The number of hydrogen-bond donors (Lipinski definition) is 0. The Balaban J connectivity index is 4.27. The van der Waals surface area contributed by atoms with Crippen LogP contribution in [0, 0.1) is 0 Å². The fourth-order valence-electron chi connectivity index (χ4n) is 1.06. The fraction of sp³-hybridized carbons (Fsp3) is 0.778. The lowest BCUT2D eigenvalue weighted by molar-refractivity contribution is -0.170. The second kappa shape index (κ2) is 6.18. The standard InChI is InChI=1S/C9H20O3Si/c1-5-10-8(4)9(13,11-6-2)12-7-3/h4-7H2,1-3,13H3. The molecule has 0 atom stereocenters. The van der Waals surface area contributed by atoms with Crippen LogP contribution in [0.25, 0.3) is 0 Å². The first-order valence-electron chi connectivity index (χ1n) is 4.70. The summed E-state index contributed by atoms with van der Waals surface area (Å²) < 4.78 is 16.3. The van der Waals surface area contributed by atoms with E-state index < -0.39 is 5.41 Å². The molecule has 0 rings (SSSR count). The van der Waals surface area contributed by atoms with Gasteiger partial charge in [0.2, 0.25) is 0 Å². The second-order valence-electron chi connectivity index (χ2n) is 2.67. The molecule has 0 aliphatic heterocycles. The van der Waals surface area contributed by atoms with Gasteiger partial charge in [-0.2, -0.15) is 0 Å². The largest absolute Gasteiger partial charge is 0.494 e. The zero-order valence-corrected chi connectivity index (χ0v) is 11.1. The molecule has 0 aromatic rings. The highest BCUT2D eigenvalue weighted by Crippen LogP contribution is 2.19. The van der Waals surface area contributed by atoms with Crippen molar-refractivity contribution in [2.45, 2.75) is 26.2 Å². The van der Waals surface area contributed by atoms with E-state index in [2.05, 4.69) is 6.58 Å². The van der Waals surface area contributed by atoms with Gasteiger partial charge in [0.05, 0.1) is 16.8 Å². The van der Waals surface area contributed by atoms with Gasteiger partial charge in [-0.15, -0.1) is 0 Å². The predicted molar refractivity (Wildman–Crippen MR) is 56.7 cm³/mol. The lowest BCUT2D eigenvalue weighted by Crippen LogP contribution is -2.39. The van der Waals surface area contributed by atoms with Crippen molar-refractivity contribution in [3.63, 3.8) is 0 Å². The highest BCUT2D eigenvalue weighted by Gasteiger charge is 2.29. The normalized spacial score (nSPS) is 11.6. The summed E-state index contributed by atoms with van der Waals surface area (Å²) >= 11 is 0. The molecule has 0 radical (unpaired) electrons. The van der Waals surface area contributed by atoms with Crippen LogP contribution in [-0.4, -0.2) is 35.5 Å². The van der Waals surface area contributed by atoms with Gasteiger partial charge >= 0.3 is 0 Å². The van der Waals surface area contributed by atoms with E-state index in [-0.39, 0.29) is 0 Å². The molecule has 78 valence electrons. The first kappa shape index (κ1) is 12.7. The third-order valence-corrected chi connectivity index (χ3v) is 2.80. The van der Waals surface area contributed by atoms with Crippen LogP contribution in [0.5, 0.6) is 0 Å². The van der Waals surface area contributed by atoms with Gasteiger partial charge in [-0.25, -0.2) is 0 Å². The van der Waals surface area contributed by atoms with Crippen molar-refractivity contribution in [1.82, 2.24) is 0 Å². The minimum absolute atomic E-state index is 0.588. The Labute approximate surface area is 83.5 Å². The highest BCUT2D eigenvalue weighted by atomic mass is 28.1. The van der Waals surface area contributed by atoms with E-state index in [9.17, 15) is 0 Å². The van der Waals surface area contributed by atoms with Crippen molar-refractivity contribution in [3.8, 4) is 0 Å². The first-order valence-corrected chi connectivity index (χ1v) is 5.70. The van der Waals surface area contributed by atoms with Gasteiger partial charge in [0.1, 0.15) is 5.76 Å². The fourth-order valence-corrected chi connectivity index (χ4v) is 1.78. The van der Waals surface area contributed by atoms with E-state index in [0.29, 0.717) is 35.8 Å². The Bertz CT molecular complexity index is 153. The minimum atomic E-state index is -0.667. The minimum Gasteiger partial charge on any atom is -0.494 e. The van der Waals surface area contributed by atoms with Gasteiger partial charge in [0, 0.05) is 13.2 Å². The maximum absolute atomic E-state index is 5.50. The molecule has 3 nitrogen and oxygen atoms in total. The van der Waals surface area contributed by atoms with Crippen molar-refractivity contribution < 1.29 is 14.2 Å². The summed E-state index contributed by atoms with van der Waals surface area (Å²) in [7, 11) is 0.717. The topological polar surface area (TPSA) is 27.7 Å². The Kier molecular flexibility index (Phi) is 6.03. The van der Waals surface area contributed by atoms with Crippen LogP contribution in [0.1, 0.15) is 20.8 Å². The molecule has 0 spiro atoms. The van der Waals surface area contributed by atoms with Crippen LogP contribution >= 0.6 is 0 Å². The lowest BCUT2D eigenvalue weighted by Gasteiger charge is -2.30. The molecule has 0 aliphatic carbocycles. The monoisotopic (exact) mass is 204 g/mol. The summed E-state index contributed by atoms with van der Waals surface area (Å²) in [6.45, 7) is 11.4. The van der Waals surface area contributed by atoms with Crippen LogP contribution < -0.4 is 0 Å². The molecule has 0 fully saturated rings. The van der Waals surface area contributed by atoms with Crippen molar-refractivity contribution >= 4 is 10.2 Å². The van der Waals surface area contributed by atoms with Crippen LogP contribution in [0.4, 0.5) is 0 Å². The lowest BCUT2D eigenvalue weighted by atomic mass is 10.5. The average Bonchev–Trinajstić information content (AvgIpc) is 2.05. The van der Waals surface area contributed by atoms with Crippen molar-refractivity contribution in [2.75, 3.05) is 19.8 Å². The van der Waals surface area contributed by atoms with E-state index in [1.165, 1.54) is 0 Å². The van der Waals surface area contributed by atoms with Crippen LogP contribution in [0.2, 0.25) is 0 Å². The Hall–Kier alpha value is -0.323. The SMILES string of the molecule is C=C(OCC)C([SiH3])(OCC)OCC. The van der Waals surface area contributed by atoms with Crippen molar-refractivity contribution in [2.24, 2.45) is 0 Å². The quantitative estimate of drug-likeness (QED) is 0.346. The highest BCUT2D eigenvalue weighted by molar-refractivity contribution is 6.15. The summed E-state index contributed by atoms with van der Waals surface area (Å²) in [5.74, 6) is 0.588. The number of hydrogen-bond acceptors (Lipinski definition) is 3. The first-order chi connectivity index (χ1) is 6.10. The molecule has 0 N–H and O–H groups in total. The van der Waals surface area contributed by atoms with Crippen molar-refractivity contribution in [3.05, 3.63) is 12.3 Å². The van der Waals surface area contributed by atoms with E-state index >= 15 is 0 Å². The molecule has 0 aromatic heterocycles. The molecule has 0 bridgehead atoms. The van der Waals surface area contributed by atoms with Gasteiger partial charge in [-0.1, -0.05) is 6.58 Å². The zero-order chi connectivity index (χ0) is 10.3. The van der Waals surface area contributed by atoms with Crippen LogP contribution in [-0.2, 0) is 14.2 Å². The Morgan fingerprint density at radius 2 is 1.62 bits per heavy atom. The van der Waals surface area contributed by atoms with Crippen LogP contribution in [0.3, 0.4) is 0 Å². The predicted octanol–water partition coefficient (Wildman–Crippen LogP) is 0.629. The van der Waals surface area contributed by atoms with E-state index in [0.717, 1.165) is 0 Å². The summed E-state index contributed by atoms with van der Waals surface area (Å²) in [4.78, 5) is 0. The molecular weight excluding hydrogens is 184 g/mol. The van der Waals surface area contributed by atoms with Crippen molar-refractivity contribution in [1.29, 1.82) is 0 Å². The maximum atomic E-state index is 5.50. The third-order valence-electron chi connectivity index (χ3n) is 1.66. The molecule has 13 heavy (non-hydrogen) atoms. The molecule has 0 heterocycles. The molecule has 0 amide bonds. The summed E-state index contributed by atoms with van der Waals surface area (Å²) in [6.07, 6.45) is 0. The second-order valence-corrected chi connectivity index (χ2v) is 3.98. The Morgan fingerprint density at radius 1 is 1.15 bits per heavy atom. The van der Waals surface area contributed by atoms with E-state index in [1.807, 2.05) is 20.8 Å². The molecule has 0 saturated heterocycles. The Morgan fingerprint density at radius 3 is 1.92 bits per heavy atom. The number of rotatable bonds is 7. The van der Waals surface area contributed by atoms with Gasteiger partial charge < -0.3 is 14.2 Å². The molecule has 0 unspecified atom stereocenters. The van der Waals surface area contributed by atoms with Crippen LogP contribution in [0.15, 0.2) is 12.3 Å². The smallest absolute Gasteiger partial charge is 0.196 e. The molecule has 0 aromatic carbocycles. The third kappa shape index (κ3) is 3.93. The van der Waals surface area contributed by atoms with Gasteiger partial charge in [-0.3, -0.25) is 0 Å². The molecule has 0 saturated carbocycles. The van der Waals surface area contributed by atoms with E-state index in [4.69, 9.17) is 14.2 Å². The average molecular weight is 204 g/mol. The summed E-state index contributed by atoms with van der Waals surface area (Å²) in [5, 5.41) is 0. The molecule has 4 heteroatoms.